The van der Waals surface area contributed by atoms with E-state index in [4.69, 9.17) is 5.73 Å². The number of nitrogens with two attached hydrogens (primary N) is 1. The van der Waals surface area contributed by atoms with Crippen LogP contribution in [-0.4, -0.2) is 48.1 Å². The molecule has 11 nitrogen and oxygen atoms in total. The third-order valence-electron chi connectivity index (χ3n) is 5.46. The summed E-state index contributed by atoms with van der Waals surface area (Å²) in [5.74, 6) is -4.45. The number of ketones is 1. The third-order valence-corrected chi connectivity index (χ3v) is 6.21. The van der Waals surface area contributed by atoms with Crippen molar-refractivity contribution in [1.82, 2.24) is 15.0 Å². The molecule has 0 fully saturated rings. The van der Waals surface area contributed by atoms with Crippen LogP contribution >= 0.6 is 0 Å². The molecule has 0 spiro atoms. The SMILES string of the molecule is CCCN(c1ccc(F)c(C(=O)c2c[nH]c3ncc(-c4ccc(C(=O)OC(N)=O)nc4)cc23)c1F)S(=O)O. The minimum atomic E-state index is -2.60. The lowest BCUT2D eigenvalue weighted by molar-refractivity contribution is 0.0631. The first-order valence-corrected chi connectivity index (χ1v) is 12.0. The van der Waals surface area contributed by atoms with Gasteiger partial charge in [0.25, 0.3) is 11.3 Å². The van der Waals surface area contributed by atoms with Crippen molar-refractivity contribution in [2.75, 3.05) is 10.8 Å². The van der Waals surface area contributed by atoms with E-state index >= 15 is 4.39 Å². The van der Waals surface area contributed by atoms with Gasteiger partial charge in [0.2, 0.25) is 5.78 Å². The Balaban J connectivity index is 1.73. The molecule has 0 aliphatic heterocycles. The van der Waals surface area contributed by atoms with Crippen LogP contribution < -0.4 is 10.0 Å². The number of primary amides is 1. The Morgan fingerprint density at radius 1 is 1.13 bits per heavy atom. The second kappa shape index (κ2) is 10.8. The summed E-state index contributed by atoms with van der Waals surface area (Å²) < 4.78 is 56.5. The molecule has 0 saturated heterocycles. The molecular weight excluding hydrogens is 524 g/mol. The van der Waals surface area contributed by atoms with E-state index in [1.54, 1.807) is 6.92 Å². The second-order valence-corrected chi connectivity index (χ2v) is 8.78. The number of nitrogens with one attached hydrogen (secondary N) is 1. The zero-order valence-electron chi connectivity index (χ0n) is 19.6. The highest BCUT2D eigenvalue weighted by Gasteiger charge is 2.27. The summed E-state index contributed by atoms with van der Waals surface area (Å²) >= 11 is -2.60. The largest absolute Gasteiger partial charge is 0.412 e. The quantitative estimate of drug-likeness (QED) is 0.131. The molecule has 3 heterocycles. The van der Waals surface area contributed by atoms with Gasteiger partial charge in [-0.05, 0) is 30.7 Å². The van der Waals surface area contributed by atoms with Gasteiger partial charge in [0.15, 0.2) is 5.82 Å². The molecule has 3 aromatic heterocycles. The lowest BCUT2D eigenvalue weighted by Gasteiger charge is -2.20. The van der Waals surface area contributed by atoms with Crippen LogP contribution in [0.2, 0.25) is 0 Å². The highest BCUT2D eigenvalue weighted by atomic mass is 32.2. The van der Waals surface area contributed by atoms with Gasteiger partial charge in [0.05, 0.1) is 11.3 Å². The molecule has 4 rings (SSSR count). The number of nitrogens with zero attached hydrogens (tertiary/aromatic N) is 3. The Kier molecular flexibility index (Phi) is 7.55. The van der Waals surface area contributed by atoms with Gasteiger partial charge in [-0.2, -0.15) is 0 Å². The number of rotatable bonds is 8. The standard InChI is InChI=1S/C24H19F2N5O6S/c1-2-7-31(38(35)36)18-6-4-16(25)19(20(18)26)21(32)15-11-30-22-14(15)8-13(10-29-22)12-3-5-17(28-9-12)23(33)37-24(27)34/h3-6,8-11H,2,7H2,1H3,(H2,27,34)(H,29,30)(H,35,36). The maximum Gasteiger partial charge on any atom is 0.412 e. The number of hydrogen-bond acceptors (Lipinski definition) is 7. The zero-order valence-corrected chi connectivity index (χ0v) is 20.4. The van der Waals surface area contributed by atoms with E-state index in [2.05, 4.69) is 19.7 Å². The summed E-state index contributed by atoms with van der Waals surface area (Å²) in [5.41, 5.74) is 4.45. The minimum Gasteiger partial charge on any atom is -0.372 e. The molecule has 1 aromatic carbocycles. The van der Waals surface area contributed by atoms with Crippen molar-refractivity contribution in [3.63, 3.8) is 0 Å². The Labute approximate surface area is 216 Å². The molecule has 0 aliphatic carbocycles. The van der Waals surface area contributed by atoms with E-state index in [0.717, 1.165) is 16.4 Å². The number of amides is 1. The number of carbonyl (C=O) groups excluding carboxylic acids is 3. The van der Waals surface area contributed by atoms with Crippen LogP contribution in [0.3, 0.4) is 0 Å². The first-order valence-electron chi connectivity index (χ1n) is 11.0. The molecule has 196 valence electrons. The lowest BCUT2D eigenvalue weighted by atomic mass is 10.00. The maximum absolute atomic E-state index is 15.4. The van der Waals surface area contributed by atoms with Gasteiger partial charge in [-0.15, -0.1) is 0 Å². The van der Waals surface area contributed by atoms with Crippen molar-refractivity contribution in [2.24, 2.45) is 5.73 Å². The molecular formula is C24H19F2N5O6S. The number of H-pyrrole nitrogens is 1. The summed E-state index contributed by atoms with van der Waals surface area (Å²) in [6.45, 7) is 1.70. The van der Waals surface area contributed by atoms with Crippen LogP contribution in [0.5, 0.6) is 0 Å². The molecule has 0 aliphatic rings. The van der Waals surface area contributed by atoms with Crippen molar-refractivity contribution in [3.8, 4) is 11.1 Å². The number of aromatic nitrogens is 3. The lowest BCUT2D eigenvalue weighted by Crippen LogP contribution is -2.27. The summed E-state index contributed by atoms with van der Waals surface area (Å²) in [6.07, 6.45) is 3.12. The first kappa shape index (κ1) is 26.5. The molecule has 38 heavy (non-hydrogen) atoms. The number of pyridine rings is 2. The van der Waals surface area contributed by atoms with Gasteiger partial charge >= 0.3 is 12.1 Å². The number of carbonyl (C=O) groups is 3. The van der Waals surface area contributed by atoms with Gasteiger partial charge in [-0.25, -0.2) is 32.5 Å². The van der Waals surface area contributed by atoms with Gasteiger partial charge in [0, 0.05) is 47.2 Å². The third kappa shape index (κ3) is 5.12. The highest BCUT2D eigenvalue weighted by Crippen LogP contribution is 2.31. The Bertz CT molecular complexity index is 1590. The molecule has 0 radical (unpaired) electrons. The summed E-state index contributed by atoms with van der Waals surface area (Å²) in [4.78, 5) is 46.8. The van der Waals surface area contributed by atoms with E-state index < -0.39 is 52.0 Å². The van der Waals surface area contributed by atoms with Crippen molar-refractivity contribution in [3.05, 3.63) is 77.4 Å². The van der Waals surface area contributed by atoms with Crippen molar-refractivity contribution >= 4 is 45.8 Å². The van der Waals surface area contributed by atoms with Crippen LogP contribution in [0, 0.1) is 11.6 Å². The topological polar surface area (TPSA) is 169 Å². The molecule has 0 saturated carbocycles. The predicted octanol–water partition coefficient (Wildman–Crippen LogP) is 3.72. The van der Waals surface area contributed by atoms with Crippen LogP contribution in [0.4, 0.5) is 19.3 Å². The number of ether oxygens (including phenoxy) is 1. The fourth-order valence-corrected chi connectivity index (χ4v) is 4.39. The predicted molar refractivity (Wildman–Crippen MR) is 133 cm³/mol. The number of halogens is 2. The fourth-order valence-electron chi connectivity index (χ4n) is 3.74. The number of aromatic amines is 1. The van der Waals surface area contributed by atoms with Gasteiger partial charge < -0.3 is 15.5 Å². The number of esters is 1. The number of hydrogen-bond donors (Lipinski definition) is 3. The average Bonchev–Trinajstić information content (AvgIpc) is 3.30. The normalized spacial score (nSPS) is 11.8. The molecule has 4 aromatic rings. The number of benzene rings is 1. The zero-order chi connectivity index (χ0) is 27.6. The second-order valence-electron chi connectivity index (χ2n) is 7.88. The molecule has 14 heteroatoms. The van der Waals surface area contributed by atoms with Crippen molar-refractivity contribution in [2.45, 2.75) is 13.3 Å². The molecule has 0 bridgehead atoms. The average molecular weight is 544 g/mol. The van der Waals surface area contributed by atoms with E-state index in [-0.39, 0.29) is 28.8 Å². The molecule has 1 unspecified atom stereocenters. The maximum atomic E-state index is 15.4. The summed E-state index contributed by atoms with van der Waals surface area (Å²) in [7, 11) is 0. The summed E-state index contributed by atoms with van der Waals surface area (Å²) in [6, 6.07) is 6.17. The van der Waals surface area contributed by atoms with Crippen molar-refractivity contribution < 1.29 is 36.7 Å². The van der Waals surface area contributed by atoms with Crippen LogP contribution in [0.1, 0.15) is 39.8 Å². The van der Waals surface area contributed by atoms with Gasteiger partial charge in [-0.1, -0.05) is 13.0 Å². The molecule has 1 atom stereocenters. The number of anilines is 1. The Hall–Kier alpha value is -4.56. The Morgan fingerprint density at radius 3 is 2.50 bits per heavy atom. The summed E-state index contributed by atoms with van der Waals surface area (Å²) in [5, 5.41) is 0.241. The minimum absolute atomic E-state index is 0.00721. The monoisotopic (exact) mass is 543 g/mol. The Morgan fingerprint density at radius 2 is 1.87 bits per heavy atom. The van der Waals surface area contributed by atoms with Crippen LogP contribution in [0.15, 0.2) is 48.9 Å². The highest BCUT2D eigenvalue weighted by molar-refractivity contribution is 7.80. The number of fused-ring (bicyclic) bond motifs is 1. The fraction of sp³-hybridized carbons (Fsp3) is 0.125. The first-order chi connectivity index (χ1) is 18.1. The van der Waals surface area contributed by atoms with Crippen LogP contribution in [-0.2, 0) is 16.0 Å². The van der Waals surface area contributed by atoms with Crippen molar-refractivity contribution in [1.29, 1.82) is 0 Å². The van der Waals surface area contributed by atoms with Gasteiger partial charge in [0.1, 0.15) is 17.2 Å². The van der Waals surface area contributed by atoms with Gasteiger partial charge in [-0.3, -0.25) is 13.7 Å². The smallest absolute Gasteiger partial charge is 0.372 e. The molecule has 4 N–H and O–H groups in total. The molecule has 1 amide bonds. The van der Waals surface area contributed by atoms with Crippen LogP contribution in [0.25, 0.3) is 22.2 Å². The van der Waals surface area contributed by atoms with E-state index in [0.29, 0.717) is 17.5 Å². The van der Waals surface area contributed by atoms with E-state index in [1.165, 1.54) is 36.8 Å². The van der Waals surface area contributed by atoms with E-state index in [1.807, 2.05) is 0 Å². The van der Waals surface area contributed by atoms with E-state index in [9.17, 15) is 27.5 Å².